The molecule has 0 aliphatic rings. The summed E-state index contributed by atoms with van der Waals surface area (Å²) in [5.74, 6) is -0.286. The minimum absolute atomic E-state index is 0.0770. The van der Waals surface area contributed by atoms with Crippen LogP contribution in [0.15, 0.2) is 48.5 Å². The Hall–Kier alpha value is -1.42. The van der Waals surface area contributed by atoms with Crippen molar-refractivity contribution in [1.82, 2.24) is 5.32 Å². The number of hydrogen-bond acceptors (Lipinski definition) is 2. The van der Waals surface area contributed by atoms with Crippen LogP contribution in [0.3, 0.4) is 0 Å². The molecule has 2 rings (SSSR count). The van der Waals surface area contributed by atoms with Crippen LogP contribution in [0.4, 0.5) is 4.39 Å². The summed E-state index contributed by atoms with van der Waals surface area (Å²) in [7, 11) is 3.50. The average molecular weight is 308 g/mol. The second-order valence-electron chi connectivity index (χ2n) is 4.87. The zero-order chi connectivity index (χ0) is 15.2. The molecule has 0 aromatic heterocycles. The number of ether oxygens (including phenoxy) is 1. The van der Waals surface area contributed by atoms with Gasteiger partial charge in [0.1, 0.15) is 5.82 Å². The van der Waals surface area contributed by atoms with Gasteiger partial charge in [-0.15, -0.1) is 0 Å². The predicted octanol–water partition coefficient (Wildman–Crippen LogP) is 4.00. The molecule has 112 valence electrons. The molecule has 0 heterocycles. The lowest BCUT2D eigenvalue weighted by Gasteiger charge is -2.26. The van der Waals surface area contributed by atoms with Crippen molar-refractivity contribution in [2.75, 3.05) is 14.2 Å². The van der Waals surface area contributed by atoms with Gasteiger partial charge in [-0.1, -0.05) is 48.0 Å². The first kappa shape index (κ1) is 16.0. The van der Waals surface area contributed by atoms with E-state index in [4.69, 9.17) is 16.3 Å². The molecule has 2 aromatic rings. The minimum Gasteiger partial charge on any atom is -0.375 e. The lowest BCUT2D eigenvalue weighted by atomic mass is 9.95. The Morgan fingerprint density at radius 1 is 1.14 bits per heavy atom. The molecule has 2 atom stereocenters. The Labute approximate surface area is 129 Å². The maximum atomic E-state index is 14.0. The van der Waals surface area contributed by atoms with Gasteiger partial charge in [0.15, 0.2) is 0 Å². The smallest absolute Gasteiger partial charge is 0.127 e. The maximum absolute atomic E-state index is 14.0. The van der Waals surface area contributed by atoms with Gasteiger partial charge in [-0.05, 0) is 31.2 Å². The van der Waals surface area contributed by atoms with Crippen LogP contribution in [0.25, 0.3) is 0 Å². The third-order valence-corrected chi connectivity index (χ3v) is 3.96. The van der Waals surface area contributed by atoms with E-state index in [0.29, 0.717) is 17.0 Å². The molecule has 0 saturated carbocycles. The topological polar surface area (TPSA) is 21.3 Å². The van der Waals surface area contributed by atoms with Crippen LogP contribution in [0.1, 0.15) is 17.2 Å². The van der Waals surface area contributed by atoms with Gasteiger partial charge in [0.25, 0.3) is 0 Å². The van der Waals surface area contributed by atoms with Gasteiger partial charge in [0, 0.05) is 23.7 Å². The van der Waals surface area contributed by atoms with Crippen LogP contribution in [-0.2, 0) is 11.2 Å². The molecule has 0 aliphatic carbocycles. The van der Waals surface area contributed by atoms with E-state index in [9.17, 15) is 4.39 Å². The van der Waals surface area contributed by atoms with E-state index in [1.54, 1.807) is 19.2 Å². The molecular formula is C17H19ClFNO. The molecule has 2 unspecified atom stereocenters. The zero-order valence-electron chi connectivity index (χ0n) is 12.1. The first-order chi connectivity index (χ1) is 10.2. The molecule has 2 nitrogen and oxygen atoms in total. The second-order valence-corrected chi connectivity index (χ2v) is 5.27. The monoisotopic (exact) mass is 307 g/mol. The van der Waals surface area contributed by atoms with Crippen molar-refractivity contribution < 1.29 is 9.13 Å². The van der Waals surface area contributed by atoms with Crippen molar-refractivity contribution in [3.05, 3.63) is 70.5 Å². The average Bonchev–Trinajstić information content (AvgIpc) is 2.51. The van der Waals surface area contributed by atoms with Gasteiger partial charge in [0.05, 0.1) is 6.10 Å². The number of nitrogens with one attached hydrogen (secondary N) is 1. The fourth-order valence-electron chi connectivity index (χ4n) is 2.48. The van der Waals surface area contributed by atoms with Crippen LogP contribution in [0.2, 0.25) is 5.02 Å². The summed E-state index contributed by atoms with van der Waals surface area (Å²) in [6.07, 6.45) is 0.280. The van der Waals surface area contributed by atoms with Crippen molar-refractivity contribution in [3.63, 3.8) is 0 Å². The van der Waals surface area contributed by atoms with Gasteiger partial charge in [-0.2, -0.15) is 0 Å². The van der Waals surface area contributed by atoms with Gasteiger partial charge in [0.2, 0.25) is 0 Å². The summed E-state index contributed by atoms with van der Waals surface area (Å²) in [4.78, 5) is 0. The number of methoxy groups -OCH3 is 1. The summed E-state index contributed by atoms with van der Waals surface area (Å²) < 4.78 is 19.6. The zero-order valence-corrected chi connectivity index (χ0v) is 12.9. The first-order valence-electron chi connectivity index (χ1n) is 6.85. The summed E-state index contributed by atoms with van der Waals surface area (Å²) in [6, 6.07) is 14.6. The lowest BCUT2D eigenvalue weighted by molar-refractivity contribution is 0.0701. The minimum atomic E-state index is -0.286. The molecule has 0 saturated heterocycles. The van der Waals surface area contributed by atoms with Crippen molar-refractivity contribution in [3.8, 4) is 0 Å². The Kier molecular flexibility index (Phi) is 5.74. The van der Waals surface area contributed by atoms with Crippen molar-refractivity contribution in [1.29, 1.82) is 0 Å². The molecule has 4 heteroatoms. The number of rotatable bonds is 6. The normalized spacial score (nSPS) is 13.9. The summed E-state index contributed by atoms with van der Waals surface area (Å²) in [6.45, 7) is 0. The molecule has 0 radical (unpaired) electrons. The summed E-state index contributed by atoms with van der Waals surface area (Å²) in [5.41, 5.74) is 1.56. The van der Waals surface area contributed by atoms with Crippen LogP contribution >= 0.6 is 11.6 Å². The highest BCUT2D eigenvalue weighted by atomic mass is 35.5. The van der Waals surface area contributed by atoms with Crippen LogP contribution in [-0.4, -0.2) is 20.2 Å². The molecule has 0 amide bonds. The number of likely N-dealkylation sites (N-methyl/N-ethyl adjacent to an activating group) is 1. The van der Waals surface area contributed by atoms with Crippen LogP contribution in [0.5, 0.6) is 0 Å². The molecule has 0 bridgehead atoms. The first-order valence-corrected chi connectivity index (χ1v) is 7.23. The summed E-state index contributed by atoms with van der Waals surface area (Å²) >= 11 is 6.12. The van der Waals surface area contributed by atoms with Gasteiger partial charge < -0.3 is 10.1 Å². The Morgan fingerprint density at radius 3 is 2.43 bits per heavy atom. The standard InChI is InChI=1S/C17H19ClFNO/c1-20-16(11-13-14(18)9-6-10-15(13)19)17(21-2)12-7-4-3-5-8-12/h3-10,16-17,20H,11H2,1-2H3. The molecule has 0 aliphatic heterocycles. The summed E-state index contributed by atoms with van der Waals surface area (Å²) in [5, 5.41) is 3.65. The largest absolute Gasteiger partial charge is 0.375 e. The highest BCUT2D eigenvalue weighted by molar-refractivity contribution is 6.31. The fourth-order valence-corrected chi connectivity index (χ4v) is 2.72. The van der Waals surface area contributed by atoms with E-state index < -0.39 is 0 Å². The van der Waals surface area contributed by atoms with Gasteiger partial charge >= 0.3 is 0 Å². The van der Waals surface area contributed by atoms with Gasteiger partial charge in [-0.3, -0.25) is 0 Å². The molecule has 1 N–H and O–H groups in total. The van der Waals surface area contributed by atoms with E-state index in [1.807, 2.05) is 37.4 Å². The quantitative estimate of drug-likeness (QED) is 0.871. The van der Waals surface area contributed by atoms with E-state index >= 15 is 0 Å². The highest BCUT2D eigenvalue weighted by Crippen LogP contribution is 2.27. The molecule has 21 heavy (non-hydrogen) atoms. The molecule has 0 fully saturated rings. The molecular weight excluding hydrogens is 289 g/mol. The third-order valence-electron chi connectivity index (χ3n) is 3.60. The van der Waals surface area contributed by atoms with Crippen LogP contribution < -0.4 is 5.32 Å². The van der Waals surface area contributed by atoms with Crippen molar-refractivity contribution in [2.24, 2.45) is 0 Å². The highest BCUT2D eigenvalue weighted by Gasteiger charge is 2.24. The number of benzene rings is 2. The van der Waals surface area contributed by atoms with E-state index in [-0.39, 0.29) is 18.0 Å². The second kappa shape index (κ2) is 7.55. The number of halogens is 2. The van der Waals surface area contributed by atoms with Gasteiger partial charge in [-0.25, -0.2) is 4.39 Å². The lowest BCUT2D eigenvalue weighted by Crippen LogP contribution is -2.35. The van der Waals surface area contributed by atoms with E-state index in [1.165, 1.54) is 6.07 Å². The third kappa shape index (κ3) is 3.82. The van der Waals surface area contributed by atoms with Crippen molar-refractivity contribution in [2.45, 2.75) is 18.6 Å². The predicted molar refractivity (Wildman–Crippen MR) is 84.2 cm³/mol. The SMILES string of the molecule is CNC(Cc1c(F)cccc1Cl)C(OC)c1ccccc1. The Balaban J connectivity index is 2.26. The number of hydrogen-bond donors (Lipinski definition) is 1. The van der Waals surface area contributed by atoms with Crippen molar-refractivity contribution >= 4 is 11.6 Å². The molecule has 0 spiro atoms. The Morgan fingerprint density at radius 2 is 1.86 bits per heavy atom. The Bertz CT molecular complexity index is 556. The maximum Gasteiger partial charge on any atom is 0.127 e. The molecule has 2 aromatic carbocycles. The van der Waals surface area contributed by atoms with E-state index in [2.05, 4.69) is 5.32 Å². The van der Waals surface area contributed by atoms with E-state index in [0.717, 1.165) is 5.56 Å². The fraction of sp³-hybridized carbons (Fsp3) is 0.294. The van der Waals surface area contributed by atoms with Crippen LogP contribution in [0, 0.1) is 5.82 Å².